The number of amides is 2. The fraction of sp³-hybridized carbons (Fsp3) is 0.278. The van der Waals surface area contributed by atoms with Crippen molar-refractivity contribution in [2.45, 2.75) is 19.8 Å². The molecule has 0 spiro atoms. The number of esters is 1. The van der Waals surface area contributed by atoms with Gasteiger partial charge in [-0.1, -0.05) is 32.0 Å². The number of ether oxygens (including phenoxy) is 2. The molecule has 2 amide bonds. The van der Waals surface area contributed by atoms with Crippen LogP contribution in [0.5, 0.6) is 5.75 Å². The quantitative estimate of drug-likeness (QED) is 0.767. The minimum absolute atomic E-state index is 0.312. The summed E-state index contributed by atoms with van der Waals surface area (Å²) < 4.78 is 10.1. The Morgan fingerprint density at radius 2 is 1.80 bits per heavy atom. The van der Waals surface area contributed by atoms with E-state index in [0.717, 1.165) is 0 Å². The zero-order valence-corrected chi connectivity index (χ0v) is 14.8. The highest BCUT2D eigenvalue weighted by atomic mass is 32.1. The molecule has 132 valence electrons. The highest BCUT2D eigenvalue weighted by Gasteiger charge is 2.13. The van der Waals surface area contributed by atoms with Gasteiger partial charge in [-0.15, -0.1) is 11.3 Å². The normalized spacial score (nSPS) is 10.4. The van der Waals surface area contributed by atoms with Crippen LogP contribution in [0.25, 0.3) is 0 Å². The number of nitrogens with one attached hydrogen (secondary N) is 1. The summed E-state index contributed by atoms with van der Waals surface area (Å²) in [4.78, 5) is 35.3. The summed E-state index contributed by atoms with van der Waals surface area (Å²) in [6, 6.07) is 10.7. The van der Waals surface area contributed by atoms with Crippen LogP contribution in [0.1, 0.15) is 35.0 Å². The Hall–Kier alpha value is -2.67. The Morgan fingerprint density at radius 1 is 1.08 bits per heavy atom. The number of thiophene rings is 1. The standard InChI is InChI=1S/C18H19NO5S/c1-12(2)13-5-7-14(8-6-13)23-11-17(21)24-10-16(20)19-18(22)15-4-3-9-25-15/h3-9,12H,10-11H2,1-2H3,(H,19,20,22). The third-order valence-corrected chi connectivity index (χ3v) is 4.13. The number of imide groups is 1. The van der Waals surface area contributed by atoms with Crippen molar-refractivity contribution in [3.63, 3.8) is 0 Å². The van der Waals surface area contributed by atoms with Crippen LogP contribution in [0.15, 0.2) is 41.8 Å². The molecule has 0 aliphatic carbocycles. The lowest BCUT2D eigenvalue weighted by Gasteiger charge is -2.09. The highest BCUT2D eigenvalue weighted by molar-refractivity contribution is 7.12. The molecule has 0 saturated carbocycles. The lowest BCUT2D eigenvalue weighted by Crippen LogP contribution is -2.34. The topological polar surface area (TPSA) is 81.7 Å². The molecule has 0 fully saturated rings. The zero-order valence-electron chi connectivity index (χ0n) is 14.0. The molecule has 0 unspecified atom stereocenters. The maximum atomic E-state index is 11.7. The van der Waals surface area contributed by atoms with E-state index in [1.807, 2.05) is 12.1 Å². The van der Waals surface area contributed by atoms with Crippen molar-refractivity contribution in [3.8, 4) is 5.75 Å². The van der Waals surface area contributed by atoms with Gasteiger partial charge in [0.1, 0.15) is 5.75 Å². The second-order valence-electron chi connectivity index (χ2n) is 5.53. The zero-order chi connectivity index (χ0) is 18.2. The molecule has 1 N–H and O–H groups in total. The molecular formula is C18H19NO5S. The van der Waals surface area contributed by atoms with Crippen molar-refractivity contribution < 1.29 is 23.9 Å². The summed E-state index contributed by atoms with van der Waals surface area (Å²) in [7, 11) is 0. The first-order chi connectivity index (χ1) is 12.0. The summed E-state index contributed by atoms with van der Waals surface area (Å²) in [5.41, 5.74) is 1.17. The third kappa shape index (κ3) is 6.04. The van der Waals surface area contributed by atoms with Gasteiger partial charge in [-0.05, 0) is 35.1 Å². The molecule has 0 aliphatic heterocycles. The summed E-state index contributed by atoms with van der Waals surface area (Å²) in [6.07, 6.45) is 0. The maximum absolute atomic E-state index is 11.7. The van der Waals surface area contributed by atoms with Crippen molar-refractivity contribution in [2.24, 2.45) is 0 Å². The van der Waals surface area contributed by atoms with Crippen molar-refractivity contribution in [3.05, 3.63) is 52.2 Å². The first-order valence-corrected chi connectivity index (χ1v) is 8.59. The molecule has 0 aliphatic rings. The predicted octanol–water partition coefficient (Wildman–Crippen LogP) is 2.75. The van der Waals surface area contributed by atoms with E-state index in [0.29, 0.717) is 16.5 Å². The lowest BCUT2D eigenvalue weighted by atomic mass is 10.0. The second kappa shape index (κ2) is 8.98. The summed E-state index contributed by atoms with van der Waals surface area (Å²) in [5.74, 6) is -0.940. The molecule has 0 atom stereocenters. The van der Waals surface area contributed by atoms with E-state index in [2.05, 4.69) is 19.2 Å². The van der Waals surface area contributed by atoms with E-state index in [-0.39, 0.29) is 6.61 Å². The minimum Gasteiger partial charge on any atom is -0.482 e. The van der Waals surface area contributed by atoms with Gasteiger partial charge >= 0.3 is 5.97 Å². The van der Waals surface area contributed by atoms with Crippen LogP contribution in [0.4, 0.5) is 0 Å². The Balaban J connectivity index is 1.69. The number of hydrogen-bond donors (Lipinski definition) is 1. The number of carbonyl (C=O) groups excluding carboxylic acids is 3. The fourth-order valence-electron chi connectivity index (χ4n) is 1.91. The van der Waals surface area contributed by atoms with Crippen molar-refractivity contribution in [1.82, 2.24) is 5.32 Å². The Morgan fingerprint density at radius 3 is 2.40 bits per heavy atom. The van der Waals surface area contributed by atoms with Crippen LogP contribution >= 0.6 is 11.3 Å². The molecule has 0 bridgehead atoms. The molecule has 2 aromatic rings. The number of rotatable bonds is 7. The third-order valence-electron chi connectivity index (χ3n) is 3.27. The SMILES string of the molecule is CC(C)c1ccc(OCC(=O)OCC(=O)NC(=O)c2cccs2)cc1. The van der Waals surface area contributed by atoms with Gasteiger partial charge in [-0.25, -0.2) is 4.79 Å². The average Bonchev–Trinajstić information content (AvgIpc) is 3.13. The van der Waals surface area contributed by atoms with Gasteiger partial charge in [0, 0.05) is 0 Å². The van der Waals surface area contributed by atoms with Crippen LogP contribution in [-0.4, -0.2) is 31.0 Å². The Labute approximate surface area is 149 Å². The summed E-state index contributed by atoms with van der Waals surface area (Å²) >= 11 is 1.21. The van der Waals surface area contributed by atoms with Crippen LogP contribution in [0.3, 0.4) is 0 Å². The van der Waals surface area contributed by atoms with Gasteiger partial charge in [0.2, 0.25) is 0 Å². The number of hydrogen-bond acceptors (Lipinski definition) is 6. The molecule has 0 radical (unpaired) electrons. The molecule has 6 nitrogen and oxygen atoms in total. The summed E-state index contributed by atoms with van der Waals surface area (Å²) in [6.45, 7) is 3.32. The molecule has 1 heterocycles. The Kier molecular flexibility index (Phi) is 6.71. The fourth-order valence-corrected chi connectivity index (χ4v) is 2.53. The average molecular weight is 361 g/mol. The van der Waals surface area contributed by atoms with Gasteiger partial charge in [-0.2, -0.15) is 0 Å². The van der Waals surface area contributed by atoms with E-state index < -0.39 is 24.4 Å². The predicted molar refractivity (Wildman–Crippen MR) is 93.8 cm³/mol. The van der Waals surface area contributed by atoms with Gasteiger partial charge in [0.05, 0.1) is 4.88 Å². The van der Waals surface area contributed by atoms with E-state index >= 15 is 0 Å². The molecule has 0 saturated heterocycles. The van der Waals surface area contributed by atoms with Crippen molar-refractivity contribution >= 4 is 29.1 Å². The van der Waals surface area contributed by atoms with Crippen LogP contribution in [-0.2, 0) is 14.3 Å². The molecular weight excluding hydrogens is 342 g/mol. The van der Waals surface area contributed by atoms with E-state index in [4.69, 9.17) is 9.47 Å². The number of carbonyl (C=O) groups is 3. The highest BCUT2D eigenvalue weighted by Crippen LogP contribution is 2.18. The van der Waals surface area contributed by atoms with Gasteiger partial charge < -0.3 is 9.47 Å². The Bertz CT molecular complexity index is 722. The molecule has 7 heteroatoms. The van der Waals surface area contributed by atoms with Gasteiger partial charge in [0.25, 0.3) is 11.8 Å². The van der Waals surface area contributed by atoms with Crippen molar-refractivity contribution in [1.29, 1.82) is 0 Å². The van der Waals surface area contributed by atoms with Crippen LogP contribution in [0, 0.1) is 0 Å². The molecule has 1 aromatic heterocycles. The molecule has 25 heavy (non-hydrogen) atoms. The van der Waals surface area contributed by atoms with Gasteiger partial charge in [0.15, 0.2) is 13.2 Å². The first-order valence-electron chi connectivity index (χ1n) is 7.71. The van der Waals surface area contributed by atoms with Gasteiger partial charge in [-0.3, -0.25) is 14.9 Å². The first kappa shape index (κ1) is 18.7. The lowest BCUT2D eigenvalue weighted by molar-refractivity contribution is -0.150. The van der Waals surface area contributed by atoms with Crippen LogP contribution < -0.4 is 10.1 Å². The largest absolute Gasteiger partial charge is 0.482 e. The summed E-state index contributed by atoms with van der Waals surface area (Å²) in [5, 5.41) is 3.87. The van der Waals surface area contributed by atoms with Crippen molar-refractivity contribution in [2.75, 3.05) is 13.2 Å². The van der Waals surface area contributed by atoms with E-state index in [1.165, 1.54) is 16.9 Å². The van der Waals surface area contributed by atoms with E-state index in [1.54, 1.807) is 29.6 Å². The number of benzene rings is 1. The minimum atomic E-state index is -0.688. The maximum Gasteiger partial charge on any atom is 0.344 e. The molecule has 1 aromatic carbocycles. The molecule has 2 rings (SSSR count). The van der Waals surface area contributed by atoms with Crippen LogP contribution in [0.2, 0.25) is 0 Å². The second-order valence-corrected chi connectivity index (χ2v) is 6.48. The smallest absolute Gasteiger partial charge is 0.344 e. The van der Waals surface area contributed by atoms with E-state index in [9.17, 15) is 14.4 Å². The monoisotopic (exact) mass is 361 g/mol.